The minimum absolute atomic E-state index is 0.951. The number of para-hydroxylation sites is 1. The molecule has 0 radical (unpaired) electrons. The zero-order valence-electron chi connectivity index (χ0n) is 11.7. The van der Waals surface area contributed by atoms with E-state index in [1.807, 2.05) is 7.05 Å². The van der Waals surface area contributed by atoms with E-state index in [0.717, 1.165) is 24.6 Å². The Morgan fingerprint density at radius 3 is 2.50 bits per heavy atom. The second-order valence-corrected chi connectivity index (χ2v) is 4.75. The summed E-state index contributed by atoms with van der Waals surface area (Å²) in [5.74, 6) is 1.06. The molecule has 2 rings (SSSR count). The van der Waals surface area contributed by atoms with Gasteiger partial charge in [-0.2, -0.15) is 0 Å². The number of aliphatic imine (C=N–C) groups is 1. The van der Waals surface area contributed by atoms with Crippen LogP contribution in [0.3, 0.4) is 0 Å². The molecule has 18 heavy (non-hydrogen) atoms. The van der Waals surface area contributed by atoms with Crippen LogP contribution in [0.15, 0.2) is 35.5 Å². The van der Waals surface area contributed by atoms with Crippen LogP contribution in [0.25, 0.3) is 0 Å². The maximum Gasteiger partial charge on any atom is 0.0999 e. The van der Waals surface area contributed by atoms with Crippen LogP contribution >= 0.6 is 0 Å². The van der Waals surface area contributed by atoms with E-state index in [9.17, 15) is 0 Å². The van der Waals surface area contributed by atoms with Gasteiger partial charge in [0.25, 0.3) is 0 Å². The Balaban J connectivity index is 2.56. The standard InChI is InChI=1S/C15H21N3/c1-11(2)17-9-10-18(13(4)16-5)14-8-6-7-12(3)15(14)17/h6-8H,1,9-10H2,2-5H3. The Morgan fingerprint density at radius 2 is 1.89 bits per heavy atom. The molecule has 0 N–H and O–H groups in total. The van der Waals surface area contributed by atoms with Crippen molar-refractivity contribution in [2.45, 2.75) is 20.8 Å². The molecule has 0 saturated heterocycles. The summed E-state index contributed by atoms with van der Waals surface area (Å²) in [6.07, 6.45) is 0. The third kappa shape index (κ3) is 2.01. The zero-order chi connectivity index (χ0) is 13.3. The van der Waals surface area contributed by atoms with Crippen molar-refractivity contribution in [2.24, 2.45) is 4.99 Å². The van der Waals surface area contributed by atoms with Crippen LogP contribution in [-0.2, 0) is 0 Å². The molecule has 0 spiro atoms. The first-order valence-electron chi connectivity index (χ1n) is 6.30. The summed E-state index contributed by atoms with van der Waals surface area (Å²) >= 11 is 0. The molecule has 1 aliphatic heterocycles. The van der Waals surface area contributed by atoms with Gasteiger partial charge in [0.15, 0.2) is 0 Å². The molecule has 0 atom stereocenters. The molecular formula is C15H21N3. The van der Waals surface area contributed by atoms with Gasteiger partial charge in [-0.05, 0) is 32.4 Å². The van der Waals surface area contributed by atoms with Crippen LogP contribution in [0, 0.1) is 6.92 Å². The fourth-order valence-electron chi connectivity index (χ4n) is 2.48. The number of nitrogens with zero attached hydrogens (tertiary/aromatic N) is 3. The van der Waals surface area contributed by atoms with Crippen molar-refractivity contribution in [3.8, 4) is 0 Å². The summed E-state index contributed by atoms with van der Waals surface area (Å²) in [6.45, 7) is 12.3. The predicted molar refractivity (Wildman–Crippen MR) is 79.7 cm³/mol. The summed E-state index contributed by atoms with van der Waals surface area (Å²) in [6, 6.07) is 6.41. The molecule has 3 nitrogen and oxygen atoms in total. The number of amidine groups is 1. The van der Waals surface area contributed by atoms with Gasteiger partial charge in [-0.1, -0.05) is 18.7 Å². The first kappa shape index (κ1) is 12.7. The van der Waals surface area contributed by atoms with E-state index < -0.39 is 0 Å². The third-order valence-corrected chi connectivity index (χ3v) is 3.50. The summed E-state index contributed by atoms with van der Waals surface area (Å²) in [5.41, 5.74) is 4.87. The molecule has 1 aromatic carbocycles. The summed E-state index contributed by atoms with van der Waals surface area (Å²) in [7, 11) is 1.84. The lowest BCUT2D eigenvalue weighted by atomic mass is 10.1. The SMILES string of the molecule is C=C(C)N1CCN(C(C)=NC)c2cccc(C)c21. The Labute approximate surface area is 109 Å². The number of benzene rings is 1. The normalized spacial score (nSPS) is 15.7. The zero-order valence-corrected chi connectivity index (χ0v) is 11.7. The van der Waals surface area contributed by atoms with Crippen molar-refractivity contribution in [3.05, 3.63) is 36.0 Å². The molecule has 0 fully saturated rings. The molecule has 0 aromatic heterocycles. The molecule has 96 valence electrons. The van der Waals surface area contributed by atoms with E-state index in [-0.39, 0.29) is 0 Å². The van der Waals surface area contributed by atoms with Crippen molar-refractivity contribution in [3.63, 3.8) is 0 Å². The smallest absolute Gasteiger partial charge is 0.0999 e. The first-order valence-corrected chi connectivity index (χ1v) is 6.30. The molecule has 0 aliphatic carbocycles. The Bertz CT molecular complexity index is 502. The fraction of sp³-hybridized carbons (Fsp3) is 0.400. The van der Waals surface area contributed by atoms with E-state index in [1.165, 1.54) is 16.9 Å². The maximum atomic E-state index is 4.31. The van der Waals surface area contributed by atoms with Gasteiger partial charge in [-0.15, -0.1) is 0 Å². The maximum absolute atomic E-state index is 4.31. The molecule has 0 unspecified atom stereocenters. The van der Waals surface area contributed by atoms with Gasteiger partial charge in [-0.25, -0.2) is 0 Å². The molecule has 1 heterocycles. The molecule has 1 aliphatic rings. The first-order chi connectivity index (χ1) is 8.56. The number of aryl methyl sites for hydroxylation is 1. The van der Waals surface area contributed by atoms with Crippen LogP contribution < -0.4 is 9.80 Å². The average molecular weight is 243 g/mol. The molecule has 0 saturated carbocycles. The third-order valence-electron chi connectivity index (χ3n) is 3.50. The van der Waals surface area contributed by atoms with Gasteiger partial charge >= 0.3 is 0 Å². The Kier molecular flexibility index (Phi) is 3.41. The lowest BCUT2D eigenvalue weighted by molar-refractivity contribution is 0.826. The van der Waals surface area contributed by atoms with Gasteiger partial charge in [0.05, 0.1) is 17.2 Å². The highest BCUT2D eigenvalue weighted by atomic mass is 15.3. The number of hydrogen-bond acceptors (Lipinski definition) is 2. The minimum Gasteiger partial charge on any atom is -0.342 e. The van der Waals surface area contributed by atoms with Gasteiger partial charge in [0.2, 0.25) is 0 Å². The second-order valence-electron chi connectivity index (χ2n) is 4.75. The Morgan fingerprint density at radius 1 is 1.22 bits per heavy atom. The molecule has 0 amide bonds. The number of rotatable bonds is 1. The van der Waals surface area contributed by atoms with Crippen LogP contribution in [0.2, 0.25) is 0 Å². The van der Waals surface area contributed by atoms with E-state index in [4.69, 9.17) is 0 Å². The van der Waals surface area contributed by atoms with Crippen molar-refractivity contribution < 1.29 is 0 Å². The molecule has 0 bridgehead atoms. The monoisotopic (exact) mass is 243 g/mol. The highest BCUT2D eigenvalue weighted by Gasteiger charge is 2.25. The number of anilines is 2. The highest BCUT2D eigenvalue weighted by molar-refractivity contribution is 6.00. The second kappa shape index (κ2) is 4.84. The van der Waals surface area contributed by atoms with E-state index >= 15 is 0 Å². The van der Waals surface area contributed by atoms with Crippen LogP contribution in [0.1, 0.15) is 19.4 Å². The topological polar surface area (TPSA) is 18.8 Å². The van der Waals surface area contributed by atoms with Gasteiger partial charge in [-0.3, -0.25) is 4.99 Å². The van der Waals surface area contributed by atoms with Crippen LogP contribution in [0.4, 0.5) is 11.4 Å². The fourth-order valence-corrected chi connectivity index (χ4v) is 2.48. The summed E-state index contributed by atoms with van der Waals surface area (Å²) < 4.78 is 0. The van der Waals surface area contributed by atoms with E-state index in [1.54, 1.807) is 0 Å². The number of fused-ring (bicyclic) bond motifs is 1. The predicted octanol–water partition coefficient (Wildman–Crippen LogP) is 3.20. The van der Waals surface area contributed by atoms with Crippen molar-refractivity contribution in [2.75, 3.05) is 29.9 Å². The van der Waals surface area contributed by atoms with Crippen LogP contribution in [0.5, 0.6) is 0 Å². The Hall–Kier alpha value is -1.77. The quantitative estimate of drug-likeness (QED) is 0.557. The average Bonchev–Trinajstić information content (AvgIpc) is 2.36. The molecule has 3 heteroatoms. The summed E-state index contributed by atoms with van der Waals surface area (Å²) in [5, 5.41) is 0. The molecule has 1 aromatic rings. The number of hydrogen-bond donors (Lipinski definition) is 0. The van der Waals surface area contributed by atoms with Gasteiger partial charge < -0.3 is 9.80 Å². The minimum atomic E-state index is 0.951. The number of allylic oxidation sites excluding steroid dienone is 1. The van der Waals surface area contributed by atoms with Gasteiger partial charge in [0, 0.05) is 25.8 Å². The lowest BCUT2D eigenvalue weighted by Crippen LogP contribution is -2.42. The molecular weight excluding hydrogens is 222 g/mol. The van der Waals surface area contributed by atoms with E-state index in [0.29, 0.717) is 0 Å². The van der Waals surface area contributed by atoms with Crippen molar-refractivity contribution in [1.82, 2.24) is 0 Å². The van der Waals surface area contributed by atoms with Crippen molar-refractivity contribution in [1.29, 1.82) is 0 Å². The van der Waals surface area contributed by atoms with Gasteiger partial charge in [0.1, 0.15) is 0 Å². The highest BCUT2D eigenvalue weighted by Crippen LogP contribution is 2.37. The lowest BCUT2D eigenvalue weighted by Gasteiger charge is -2.39. The summed E-state index contributed by atoms with van der Waals surface area (Å²) in [4.78, 5) is 8.89. The van der Waals surface area contributed by atoms with E-state index in [2.05, 4.69) is 60.3 Å². The largest absolute Gasteiger partial charge is 0.342 e. The van der Waals surface area contributed by atoms with Crippen molar-refractivity contribution >= 4 is 17.2 Å². The van der Waals surface area contributed by atoms with Crippen LogP contribution in [-0.4, -0.2) is 26.0 Å².